The molecule has 0 aromatic heterocycles. The molecule has 0 aliphatic rings. The van der Waals surface area contributed by atoms with Crippen LogP contribution in [0.1, 0.15) is 62.2 Å². The Bertz CT molecular complexity index is 149. The maximum atomic E-state index is 5.70. The Hall–Kier alpha value is 1.58. The van der Waals surface area contributed by atoms with Crippen LogP contribution in [0.15, 0.2) is 0 Å². The second kappa shape index (κ2) is 12.6. The quantitative estimate of drug-likeness (QED) is 0.572. The van der Waals surface area contributed by atoms with E-state index in [1.165, 1.54) is 0 Å². The molecule has 0 N–H and O–H groups in total. The molecule has 0 aliphatic carbocycles. The van der Waals surface area contributed by atoms with Gasteiger partial charge in [-0.3, -0.25) is 0 Å². The Balaban J connectivity index is -0.00000112. The zero-order valence-electron chi connectivity index (χ0n) is 13.7. The number of rotatable bonds is 9. The third-order valence-electron chi connectivity index (χ3n) is 2.76. The molecule has 0 aromatic carbocycles. The van der Waals surface area contributed by atoms with Crippen LogP contribution in [0.2, 0.25) is 0 Å². The van der Waals surface area contributed by atoms with Crippen molar-refractivity contribution < 1.29 is 66.8 Å². The Morgan fingerprint density at radius 2 is 1.00 bits per heavy atom. The summed E-state index contributed by atoms with van der Waals surface area (Å²) in [7, 11) is -0.528. The minimum Gasteiger partial charge on any atom is -1.00 e. The summed E-state index contributed by atoms with van der Waals surface area (Å²) in [6.45, 7) is 12.4. The zero-order valence-corrected chi connectivity index (χ0v) is 15.8. The summed E-state index contributed by atoms with van der Waals surface area (Å²) in [6.07, 6.45) is 3.38. The molecule has 0 amide bonds. The summed E-state index contributed by atoms with van der Waals surface area (Å²) in [6, 6.07) is 0. The Kier molecular flexibility index (Phi) is 15.5. The van der Waals surface area contributed by atoms with E-state index in [2.05, 4.69) is 20.8 Å². The second-order valence-corrected chi connectivity index (χ2v) is 4.35. The van der Waals surface area contributed by atoms with E-state index in [9.17, 15) is 0 Å². The summed E-state index contributed by atoms with van der Waals surface area (Å²) < 4.78 is 17.1. The standard InChI is InChI=1S/C12H27BO3.K.H/c1-7-10(4)14-13(15-11(5)8-2)16-12(6)9-3;;/h10-12H,7-9H2,1-6H3;;/q;+1;-1. The van der Waals surface area contributed by atoms with Crippen molar-refractivity contribution >= 4 is 7.32 Å². The first-order valence-corrected chi connectivity index (χ1v) is 6.49. The van der Waals surface area contributed by atoms with E-state index in [1.54, 1.807) is 0 Å². The van der Waals surface area contributed by atoms with E-state index >= 15 is 0 Å². The molecule has 0 heterocycles. The summed E-state index contributed by atoms with van der Waals surface area (Å²) in [5.41, 5.74) is 0. The van der Waals surface area contributed by atoms with Gasteiger partial charge in [0.05, 0.1) is 0 Å². The van der Waals surface area contributed by atoms with Crippen molar-refractivity contribution in [3.63, 3.8) is 0 Å². The van der Waals surface area contributed by atoms with Gasteiger partial charge in [-0.2, -0.15) is 0 Å². The van der Waals surface area contributed by atoms with Crippen LogP contribution in [-0.4, -0.2) is 25.6 Å². The van der Waals surface area contributed by atoms with Crippen molar-refractivity contribution in [2.75, 3.05) is 0 Å². The van der Waals surface area contributed by atoms with Gasteiger partial charge in [-0.25, -0.2) is 0 Å². The maximum absolute atomic E-state index is 5.70. The van der Waals surface area contributed by atoms with E-state index in [4.69, 9.17) is 14.0 Å². The Morgan fingerprint density at radius 3 is 1.18 bits per heavy atom. The molecule has 3 atom stereocenters. The van der Waals surface area contributed by atoms with E-state index in [0.717, 1.165) is 19.3 Å². The first-order chi connectivity index (χ1) is 7.53. The van der Waals surface area contributed by atoms with E-state index in [1.807, 2.05) is 20.8 Å². The van der Waals surface area contributed by atoms with Crippen molar-refractivity contribution in [1.82, 2.24) is 0 Å². The molecule has 0 saturated heterocycles. The monoisotopic (exact) mass is 270 g/mol. The van der Waals surface area contributed by atoms with Crippen LogP contribution >= 0.6 is 0 Å². The molecule has 5 heteroatoms. The van der Waals surface area contributed by atoms with E-state index in [0.29, 0.717) is 0 Å². The fourth-order valence-electron chi connectivity index (χ4n) is 0.954. The van der Waals surface area contributed by atoms with Gasteiger partial charge in [0.25, 0.3) is 0 Å². The van der Waals surface area contributed by atoms with Crippen molar-refractivity contribution in [3.8, 4) is 0 Å². The summed E-state index contributed by atoms with van der Waals surface area (Å²) in [5, 5.41) is 0. The largest absolute Gasteiger partial charge is 1.00 e. The minimum atomic E-state index is -0.528. The Labute approximate surface area is 151 Å². The molecule has 0 spiro atoms. The first kappa shape index (κ1) is 20.9. The topological polar surface area (TPSA) is 27.7 Å². The third-order valence-corrected chi connectivity index (χ3v) is 2.76. The minimum absolute atomic E-state index is 0. The summed E-state index contributed by atoms with van der Waals surface area (Å²) >= 11 is 0. The normalized spacial score (nSPS) is 15.9. The van der Waals surface area contributed by atoms with Gasteiger partial charge in [-0.05, 0) is 40.0 Å². The Morgan fingerprint density at radius 1 is 0.765 bits per heavy atom. The fourth-order valence-corrected chi connectivity index (χ4v) is 0.954. The van der Waals surface area contributed by atoms with Crippen molar-refractivity contribution in [3.05, 3.63) is 0 Å². The molecule has 0 aliphatic heterocycles. The molecule has 0 saturated carbocycles. The SMILES string of the molecule is CCC(C)OB(OC(C)CC)OC(C)CC.[H-].[K+]. The maximum Gasteiger partial charge on any atom is 1.00 e. The second-order valence-electron chi connectivity index (χ2n) is 4.35. The van der Waals surface area contributed by atoms with Crippen molar-refractivity contribution in [2.24, 2.45) is 0 Å². The zero-order chi connectivity index (χ0) is 12.6. The van der Waals surface area contributed by atoms with E-state index in [-0.39, 0.29) is 71.1 Å². The smallest absolute Gasteiger partial charge is 1.00 e. The summed E-state index contributed by atoms with van der Waals surface area (Å²) in [5.74, 6) is 0. The van der Waals surface area contributed by atoms with E-state index < -0.39 is 7.32 Å². The molecule has 0 aromatic rings. The van der Waals surface area contributed by atoms with Crippen LogP contribution in [0, 0.1) is 0 Å². The average molecular weight is 270 g/mol. The van der Waals surface area contributed by atoms with Crippen molar-refractivity contribution in [1.29, 1.82) is 0 Å². The molecule has 0 fully saturated rings. The van der Waals surface area contributed by atoms with Gasteiger partial charge >= 0.3 is 58.7 Å². The van der Waals surface area contributed by atoms with Gasteiger partial charge < -0.3 is 15.4 Å². The molecule has 3 unspecified atom stereocenters. The number of hydrogen-bond donors (Lipinski definition) is 0. The number of hydrogen-bond acceptors (Lipinski definition) is 3. The molecule has 0 radical (unpaired) electrons. The van der Waals surface area contributed by atoms with Gasteiger partial charge in [0.2, 0.25) is 0 Å². The molecular formula is C12H28BKO3. The van der Waals surface area contributed by atoms with Gasteiger partial charge in [-0.15, -0.1) is 0 Å². The average Bonchev–Trinajstić information content (AvgIpc) is 2.28. The fraction of sp³-hybridized carbons (Fsp3) is 1.00. The predicted molar refractivity (Wildman–Crippen MR) is 69.4 cm³/mol. The van der Waals surface area contributed by atoms with Crippen LogP contribution in [-0.2, 0) is 14.0 Å². The van der Waals surface area contributed by atoms with Crippen LogP contribution < -0.4 is 51.4 Å². The third kappa shape index (κ3) is 11.1. The van der Waals surface area contributed by atoms with Crippen LogP contribution in [0.4, 0.5) is 0 Å². The molecule has 3 nitrogen and oxygen atoms in total. The van der Waals surface area contributed by atoms with Crippen LogP contribution in [0.25, 0.3) is 0 Å². The molecular weight excluding hydrogens is 242 g/mol. The molecule has 98 valence electrons. The van der Waals surface area contributed by atoms with Gasteiger partial charge in [0.15, 0.2) is 0 Å². The van der Waals surface area contributed by atoms with Crippen LogP contribution in [0.5, 0.6) is 0 Å². The molecule has 17 heavy (non-hydrogen) atoms. The first-order valence-electron chi connectivity index (χ1n) is 6.49. The van der Waals surface area contributed by atoms with Crippen LogP contribution in [0.3, 0.4) is 0 Å². The molecule has 0 bridgehead atoms. The molecule has 0 rings (SSSR count). The predicted octanol–water partition coefficient (Wildman–Crippen LogP) is 0.533. The van der Waals surface area contributed by atoms with Gasteiger partial charge in [0, 0.05) is 18.3 Å². The van der Waals surface area contributed by atoms with Gasteiger partial charge in [-0.1, -0.05) is 20.8 Å². The summed E-state index contributed by atoms with van der Waals surface area (Å²) in [4.78, 5) is 0. The van der Waals surface area contributed by atoms with Gasteiger partial charge in [0.1, 0.15) is 0 Å². The van der Waals surface area contributed by atoms with Crippen molar-refractivity contribution in [2.45, 2.75) is 79.1 Å².